The van der Waals surface area contributed by atoms with Crippen LogP contribution in [0.1, 0.15) is 16.8 Å². The first-order valence-electron chi connectivity index (χ1n) is 6.66. The highest BCUT2D eigenvalue weighted by Crippen LogP contribution is 2.25. The second-order valence-electron chi connectivity index (χ2n) is 4.95. The van der Waals surface area contributed by atoms with Gasteiger partial charge in [-0.15, -0.1) is 0 Å². The molecule has 0 radical (unpaired) electrons. The van der Waals surface area contributed by atoms with E-state index in [4.69, 9.17) is 4.74 Å². The first-order valence-corrected chi connectivity index (χ1v) is 6.66. The Balaban J connectivity index is 2.13. The van der Waals surface area contributed by atoms with Crippen molar-refractivity contribution in [2.24, 2.45) is 0 Å². The molecule has 1 aromatic carbocycles. The van der Waals surface area contributed by atoms with Crippen molar-refractivity contribution in [2.45, 2.75) is 20.8 Å². The van der Waals surface area contributed by atoms with Crippen molar-refractivity contribution in [1.82, 2.24) is 4.98 Å². The number of rotatable bonds is 3. The molecule has 2 rings (SSSR count). The van der Waals surface area contributed by atoms with Crippen molar-refractivity contribution in [3.63, 3.8) is 0 Å². The fourth-order valence-corrected chi connectivity index (χ4v) is 2.09. The lowest BCUT2D eigenvalue weighted by molar-refractivity contribution is 0.262. The number of aromatic nitrogens is 1. The van der Waals surface area contributed by atoms with Gasteiger partial charge in [0.25, 0.3) is 0 Å². The molecule has 1 aromatic heterocycles. The van der Waals surface area contributed by atoms with Crippen molar-refractivity contribution >= 4 is 17.5 Å². The Morgan fingerprint density at radius 1 is 1.05 bits per heavy atom. The Morgan fingerprint density at radius 2 is 1.81 bits per heavy atom. The molecule has 0 aliphatic carbocycles. The highest BCUT2D eigenvalue weighted by molar-refractivity contribution is 6.00. The van der Waals surface area contributed by atoms with E-state index in [1.54, 1.807) is 7.11 Å². The van der Waals surface area contributed by atoms with Gasteiger partial charge in [0.1, 0.15) is 11.6 Å². The van der Waals surface area contributed by atoms with E-state index in [9.17, 15) is 4.79 Å². The minimum atomic E-state index is -0.351. The molecule has 0 spiro atoms. The number of hydrogen-bond acceptors (Lipinski definition) is 3. The van der Waals surface area contributed by atoms with Crippen LogP contribution in [0.25, 0.3) is 0 Å². The number of pyridine rings is 1. The molecule has 0 aliphatic heterocycles. The number of urea groups is 1. The Morgan fingerprint density at radius 3 is 2.48 bits per heavy atom. The van der Waals surface area contributed by atoms with E-state index >= 15 is 0 Å². The summed E-state index contributed by atoms with van der Waals surface area (Å²) in [6.07, 6.45) is 0. The second-order valence-corrected chi connectivity index (χ2v) is 4.95. The number of carbonyl (C=O) groups is 1. The van der Waals surface area contributed by atoms with Crippen LogP contribution in [0.2, 0.25) is 0 Å². The fraction of sp³-hybridized carbons (Fsp3) is 0.250. The lowest BCUT2D eigenvalue weighted by Crippen LogP contribution is -2.20. The van der Waals surface area contributed by atoms with E-state index in [0.717, 1.165) is 16.8 Å². The summed E-state index contributed by atoms with van der Waals surface area (Å²) in [7, 11) is 1.57. The topological polar surface area (TPSA) is 63.2 Å². The van der Waals surface area contributed by atoms with Crippen molar-refractivity contribution < 1.29 is 9.53 Å². The van der Waals surface area contributed by atoms with Gasteiger partial charge in [-0.25, -0.2) is 9.78 Å². The van der Waals surface area contributed by atoms with Gasteiger partial charge >= 0.3 is 6.03 Å². The number of nitrogens with one attached hydrogen (secondary N) is 2. The zero-order valence-corrected chi connectivity index (χ0v) is 12.7. The first-order chi connectivity index (χ1) is 9.97. The molecule has 2 aromatic rings. The maximum atomic E-state index is 12.1. The van der Waals surface area contributed by atoms with E-state index in [-0.39, 0.29) is 6.03 Å². The van der Waals surface area contributed by atoms with E-state index in [0.29, 0.717) is 17.3 Å². The van der Waals surface area contributed by atoms with Gasteiger partial charge < -0.3 is 10.1 Å². The third-order valence-electron chi connectivity index (χ3n) is 2.94. The predicted molar refractivity (Wildman–Crippen MR) is 84.1 cm³/mol. The average Bonchev–Trinajstić information content (AvgIpc) is 2.37. The summed E-state index contributed by atoms with van der Waals surface area (Å²) in [6.45, 7) is 5.80. The van der Waals surface area contributed by atoms with Gasteiger partial charge in [0.2, 0.25) is 0 Å². The summed E-state index contributed by atoms with van der Waals surface area (Å²) < 4.78 is 5.23. The van der Waals surface area contributed by atoms with Crippen LogP contribution < -0.4 is 15.4 Å². The zero-order valence-electron chi connectivity index (χ0n) is 12.7. The van der Waals surface area contributed by atoms with Gasteiger partial charge in [0, 0.05) is 5.69 Å². The third-order valence-corrected chi connectivity index (χ3v) is 2.94. The van der Waals surface area contributed by atoms with E-state index in [1.165, 1.54) is 0 Å². The normalized spacial score (nSPS) is 10.1. The molecule has 110 valence electrons. The summed E-state index contributed by atoms with van der Waals surface area (Å²) in [5, 5.41) is 5.50. The third kappa shape index (κ3) is 3.95. The minimum Gasteiger partial charge on any atom is -0.495 e. The summed E-state index contributed by atoms with van der Waals surface area (Å²) >= 11 is 0. The molecule has 1 heterocycles. The lowest BCUT2D eigenvalue weighted by Gasteiger charge is -2.12. The smallest absolute Gasteiger partial charge is 0.324 e. The number of nitrogens with zero attached hydrogens (tertiary/aromatic N) is 1. The van der Waals surface area contributed by atoms with Crippen molar-refractivity contribution in [3.8, 4) is 5.75 Å². The average molecular weight is 285 g/mol. The molecular formula is C16H19N3O2. The molecule has 0 saturated carbocycles. The van der Waals surface area contributed by atoms with Crippen LogP contribution >= 0.6 is 0 Å². The Hall–Kier alpha value is -2.56. The molecule has 5 heteroatoms. The number of anilines is 2. The molecule has 5 nitrogen and oxygen atoms in total. The summed E-state index contributed by atoms with van der Waals surface area (Å²) in [5.41, 5.74) is 3.57. The van der Waals surface area contributed by atoms with E-state index in [2.05, 4.69) is 15.6 Å². The maximum Gasteiger partial charge on any atom is 0.324 e. The quantitative estimate of drug-likeness (QED) is 0.904. The van der Waals surface area contributed by atoms with Crippen LogP contribution in [-0.4, -0.2) is 18.1 Å². The molecule has 0 bridgehead atoms. The molecule has 0 unspecified atom stereocenters. The number of hydrogen-bond donors (Lipinski definition) is 2. The molecule has 0 aliphatic rings. The van der Waals surface area contributed by atoms with Gasteiger partial charge in [0.15, 0.2) is 0 Å². The zero-order chi connectivity index (χ0) is 15.4. The Kier molecular flexibility index (Phi) is 4.42. The molecule has 0 saturated heterocycles. The van der Waals surface area contributed by atoms with Crippen molar-refractivity contribution in [2.75, 3.05) is 17.7 Å². The number of carbonyl (C=O) groups excluding carboxylic acids is 1. The fourth-order valence-electron chi connectivity index (χ4n) is 2.09. The lowest BCUT2D eigenvalue weighted by atomic mass is 10.2. The van der Waals surface area contributed by atoms with E-state index in [1.807, 2.05) is 51.1 Å². The number of methoxy groups -OCH3 is 1. The highest BCUT2D eigenvalue weighted by atomic mass is 16.5. The van der Waals surface area contributed by atoms with Gasteiger partial charge in [-0.3, -0.25) is 5.32 Å². The molecule has 0 atom stereocenters. The van der Waals surface area contributed by atoms with Crippen molar-refractivity contribution in [1.29, 1.82) is 0 Å². The predicted octanol–water partition coefficient (Wildman–Crippen LogP) is 3.66. The van der Waals surface area contributed by atoms with Crippen LogP contribution in [0.5, 0.6) is 5.75 Å². The highest BCUT2D eigenvalue weighted by Gasteiger charge is 2.09. The van der Waals surface area contributed by atoms with Gasteiger partial charge in [0.05, 0.1) is 12.8 Å². The SMILES string of the molecule is COc1ccc(C)cc1NC(=O)Nc1cc(C)cc(C)n1. The van der Waals surface area contributed by atoms with Gasteiger partial charge in [-0.05, 0) is 56.2 Å². The van der Waals surface area contributed by atoms with Gasteiger partial charge in [-0.2, -0.15) is 0 Å². The largest absolute Gasteiger partial charge is 0.495 e. The van der Waals surface area contributed by atoms with Crippen molar-refractivity contribution in [3.05, 3.63) is 47.2 Å². The van der Waals surface area contributed by atoms with Gasteiger partial charge in [-0.1, -0.05) is 6.07 Å². The summed E-state index contributed by atoms with van der Waals surface area (Å²) in [5.74, 6) is 1.14. The molecule has 2 N–H and O–H groups in total. The van der Waals surface area contributed by atoms with Crippen LogP contribution in [0.15, 0.2) is 30.3 Å². The van der Waals surface area contributed by atoms with Crippen LogP contribution in [0.4, 0.5) is 16.3 Å². The number of amides is 2. The number of benzene rings is 1. The Bertz CT molecular complexity index is 648. The molecule has 21 heavy (non-hydrogen) atoms. The monoisotopic (exact) mass is 285 g/mol. The minimum absolute atomic E-state index is 0.351. The second kappa shape index (κ2) is 6.26. The maximum absolute atomic E-state index is 12.1. The molecule has 2 amide bonds. The van der Waals surface area contributed by atoms with Crippen LogP contribution in [0, 0.1) is 20.8 Å². The first kappa shape index (κ1) is 14.8. The summed E-state index contributed by atoms with van der Waals surface area (Å²) in [6, 6.07) is 9.02. The number of ether oxygens (including phenoxy) is 1. The summed E-state index contributed by atoms with van der Waals surface area (Å²) in [4.78, 5) is 16.3. The molecule has 0 fully saturated rings. The number of aryl methyl sites for hydroxylation is 3. The standard InChI is InChI=1S/C16H19N3O2/c1-10-5-6-14(21-4)13(8-10)18-16(20)19-15-9-11(2)7-12(3)17-15/h5-9H,1-4H3,(H2,17,18,19,20). The van der Waals surface area contributed by atoms with Crippen LogP contribution in [-0.2, 0) is 0 Å². The molecular weight excluding hydrogens is 266 g/mol. The van der Waals surface area contributed by atoms with E-state index < -0.39 is 0 Å². The van der Waals surface area contributed by atoms with Crippen LogP contribution in [0.3, 0.4) is 0 Å². The Labute approximate surface area is 124 Å².